The van der Waals surface area contributed by atoms with Crippen molar-refractivity contribution in [1.82, 2.24) is 19.8 Å². The average molecular weight is 338 g/mol. The highest BCUT2D eigenvalue weighted by atomic mass is 16.5. The maximum Gasteiger partial charge on any atom is 0.151 e. The summed E-state index contributed by atoms with van der Waals surface area (Å²) >= 11 is 0. The van der Waals surface area contributed by atoms with Gasteiger partial charge in [0.25, 0.3) is 0 Å². The maximum absolute atomic E-state index is 5.89. The Kier molecular flexibility index (Phi) is 4.38. The van der Waals surface area contributed by atoms with Crippen molar-refractivity contribution in [3.05, 3.63) is 60.1 Å². The topological polar surface area (TPSA) is 56.3 Å². The van der Waals surface area contributed by atoms with Crippen LogP contribution in [0.4, 0.5) is 0 Å². The number of hydrogen-bond acceptors (Lipinski definition) is 5. The molecule has 0 saturated carbocycles. The van der Waals surface area contributed by atoms with Crippen LogP contribution in [0.2, 0.25) is 0 Å². The molecule has 2 unspecified atom stereocenters. The van der Waals surface area contributed by atoms with E-state index in [1.807, 2.05) is 25.4 Å². The van der Waals surface area contributed by atoms with Gasteiger partial charge in [0.1, 0.15) is 5.69 Å². The van der Waals surface area contributed by atoms with E-state index in [4.69, 9.17) is 9.26 Å². The predicted molar refractivity (Wildman–Crippen MR) is 93.7 cm³/mol. The molecule has 1 aromatic carbocycles. The average Bonchev–Trinajstić information content (AvgIpc) is 3.25. The zero-order chi connectivity index (χ0) is 17.2. The molecule has 1 aliphatic rings. The van der Waals surface area contributed by atoms with Crippen LogP contribution < -0.4 is 0 Å². The van der Waals surface area contributed by atoms with Crippen LogP contribution in [0.15, 0.2) is 53.3 Å². The SMILES string of the molecule is CC1CN(Cc2cc(-c3cnn(C)c3)no2)C(c2ccccc2)CO1. The molecule has 6 nitrogen and oxygen atoms in total. The van der Waals surface area contributed by atoms with Crippen LogP contribution in [-0.4, -0.2) is 39.1 Å². The standard InChI is InChI=1S/C19H22N4O2/c1-14-10-23(19(13-24-14)15-6-4-3-5-7-15)12-17-8-18(21-25-17)16-9-20-22(2)11-16/h3-9,11,14,19H,10,12-13H2,1-2H3. The van der Waals surface area contributed by atoms with Crippen molar-refractivity contribution in [2.75, 3.05) is 13.2 Å². The van der Waals surface area contributed by atoms with E-state index in [0.717, 1.165) is 23.6 Å². The quantitative estimate of drug-likeness (QED) is 0.732. The van der Waals surface area contributed by atoms with Gasteiger partial charge in [-0.1, -0.05) is 35.5 Å². The number of rotatable bonds is 4. The van der Waals surface area contributed by atoms with Crippen LogP contribution >= 0.6 is 0 Å². The highest BCUT2D eigenvalue weighted by Gasteiger charge is 2.29. The Bertz CT molecular complexity index is 827. The van der Waals surface area contributed by atoms with Crippen molar-refractivity contribution in [3.8, 4) is 11.3 Å². The lowest BCUT2D eigenvalue weighted by molar-refractivity contribution is -0.0621. The van der Waals surface area contributed by atoms with Crippen LogP contribution in [-0.2, 0) is 18.3 Å². The fourth-order valence-electron chi connectivity index (χ4n) is 3.31. The smallest absolute Gasteiger partial charge is 0.151 e. The number of nitrogens with zero attached hydrogens (tertiary/aromatic N) is 4. The Morgan fingerprint density at radius 2 is 2.08 bits per heavy atom. The molecule has 0 N–H and O–H groups in total. The van der Waals surface area contributed by atoms with Crippen molar-refractivity contribution in [2.24, 2.45) is 7.05 Å². The van der Waals surface area contributed by atoms with Crippen molar-refractivity contribution in [1.29, 1.82) is 0 Å². The minimum absolute atomic E-state index is 0.209. The van der Waals surface area contributed by atoms with Gasteiger partial charge in [0, 0.05) is 31.4 Å². The number of aromatic nitrogens is 3. The Balaban J connectivity index is 1.54. The second kappa shape index (κ2) is 6.82. The fourth-order valence-corrected chi connectivity index (χ4v) is 3.31. The summed E-state index contributed by atoms with van der Waals surface area (Å²) in [7, 11) is 1.89. The van der Waals surface area contributed by atoms with E-state index in [1.54, 1.807) is 10.9 Å². The third-order valence-corrected chi connectivity index (χ3v) is 4.57. The van der Waals surface area contributed by atoms with E-state index in [1.165, 1.54) is 5.56 Å². The number of aryl methyl sites for hydroxylation is 1. The third kappa shape index (κ3) is 3.50. The van der Waals surface area contributed by atoms with Crippen molar-refractivity contribution in [3.63, 3.8) is 0 Å². The van der Waals surface area contributed by atoms with Gasteiger partial charge in [-0.05, 0) is 12.5 Å². The molecule has 2 atom stereocenters. The molecule has 3 aromatic rings. The summed E-state index contributed by atoms with van der Waals surface area (Å²) in [6, 6.07) is 12.7. The van der Waals surface area contributed by atoms with Gasteiger partial charge in [-0.15, -0.1) is 0 Å². The van der Waals surface area contributed by atoms with E-state index in [9.17, 15) is 0 Å². The molecule has 0 bridgehead atoms. The molecule has 0 aliphatic carbocycles. The van der Waals surface area contributed by atoms with E-state index >= 15 is 0 Å². The fraction of sp³-hybridized carbons (Fsp3) is 0.368. The molecule has 1 aliphatic heterocycles. The maximum atomic E-state index is 5.89. The Morgan fingerprint density at radius 1 is 1.24 bits per heavy atom. The lowest BCUT2D eigenvalue weighted by Gasteiger charge is -2.38. The highest BCUT2D eigenvalue weighted by molar-refractivity contribution is 5.56. The van der Waals surface area contributed by atoms with Gasteiger partial charge in [-0.25, -0.2) is 0 Å². The molecule has 25 heavy (non-hydrogen) atoms. The van der Waals surface area contributed by atoms with Crippen LogP contribution in [0.5, 0.6) is 0 Å². The normalized spacial score (nSPS) is 21.5. The summed E-state index contributed by atoms with van der Waals surface area (Å²) in [5.41, 5.74) is 3.05. The van der Waals surface area contributed by atoms with Crippen LogP contribution in [0.1, 0.15) is 24.3 Å². The molecule has 0 radical (unpaired) electrons. The number of hydrogen-bond donors (Lipinski definition) is 0. The summed E-state index contributed by atoms with van der Waals surface area (Å²) in [5, 5.41) is 8.38. The lowest BCUT2D eigenvalue weighted by Crippen LogP contribution is -2.43. The molecule has 0 spiro atoms. The second-order valence-corrected chi connectivity index (χ2v) is 6.58. The Labute approximate surface area is 147 Å². The zero-order valence-electron chi connectivity index (χ0n) is 14.5. The molecule has 4 rings (SSSR count). The third-order valence-electron chi connectivity index (χ3n) is 4.57. The van der Waals surface area contributed by atoms with Gasteiger partial charge in [0.2, 0.25) is 0 Å². The predicted octanol–water partition coefficient (Wildman–Crippen LogP) is 3.04. The van der Waals surface area contributed by atoms with E-state index in [2.05, 4.69) is 46.3 Å². The minimum Gasteiger partial charge on any atom is -0.375 e. The summed E-state index contributed by atoms with van der Waals surface area (Å²) in [5.74, 6) is 0.855. The molecule has 130 valence electrons. The van der Waals surface area contributed by atoms with E-state index in [-0.39, 0.29) is 12.1 Å². The lowest BCUT2D eigenvalue weighted by atomic mass is 10.0. The van der Waals surface area contributed by atoms with Crippen LogP contribution in [0.3, 0.4) is 0 Å². The monoisotopic (exact) mass is 338 g/mol. The number of ether oxygens (including phenoxy) is 1. The Morgan fingerprint density at radius 3 is 2.84 bits per heavy atom. The molecule has 3 heterocycles. The van der Waals surface area contributed by atoms with Gasteiger partial charge in [-0.3, -0.25) is 9.58 Å². The summed E-state index contributed by atoms with van der Waals surface area (Å²) in [6.45, 7) is 4.37. The zero-order valence-corrected chi connectivity index (χ0v) is 14.5. The Hall–Kier alpha value is -2.44. The summed E-state index contributed by atoms with van der Waals surface area (Å²) in [6.07, 6.45) is 3.94. The van der Waals surface area contributed by atoms with Gasteiger partial charge in [0.15, 0.2) is 5.76 Å². The first-order chi connectivity index (χ1) is 12.2. The van der Waals surface area contributed by atoms with E-state index in [0.29, 0.717) is 13.2 Å². The van der Waals surface area contributed by atoms with Gasteiger partial charge >= 0.3 is 0 Å². The number of benzene rings is 1. The van der Waals surface area contributed by atoms with Crippen LogP contribution in [0.25, 0.3) is 11.3 Å². The molecule has 1 saturated heterocycles. The van der Waals surface area contributed by atoms with Gasteiger partial charge < -0.3 is 9.26 Å². The van der Waals surface area contributed by atoms with Gasteiger partial charge in [-0.2, -0.15) is 5.10 Å². The van der Waals surface area contributed by atoms with Crippen molar-refractivity contribution in [2.45, 2.75) is 25.6 Å². The first kappa shape index (κ1) is 16.1. The largest absolute Gasteiger partial charge is 0.375 e. The van der Waals surface area contributed by atoms with Crippen LogP contribution in [0, 0.1) is 0 Å². The summed E-state index contributed by atoms with van der Waals surface area (Å²) < 4.78 is 13.2. The molecular weight excluding hydrogens is 316 g/mol. The van der Waals surface area contributed by atoms with Gasteiger partial charge in [0.05, 0.1) is 31.5 Å². The highest BCUT2D eigenvalue weighted by Crippen LogP contribution is 2.28. The molecule has 1 fully saturated rings. The summed E-state index contributed by atoms with van der Waals surface area (Å²) in [4.78, 5) is 2.40. The molecule has 2 aromatic heterocycles. The second-order valence-electron chi connectivity index (χ2n) is 6.58. The van der Waals surface area contributed by atoms with E-state index < -0.39 is 0 Å². The minimum atomic E-state index is 0.209. The van der Waals surface area contributed by atoms with Crippen molar-refractivity contribution >= 4 is 0 Å². The molecule has 0 amide bonds. The molecule has 6 heteroatoms. The first-order valence-electron chi connectivity index (χ1n) is 8.54. The number of morpholine rings is 1. The first-order valence-corrected chi connectivity index (χ1v) is 8.54. The molecular formula is C19H22N4O2. The van der Waals surface area contributed by atoms with Crippen molar-refractivity contribution < 1.29 is 9.26 Å².